The zero-order valence-electron chi connectivity index (χ0n) is 25.6. The van der Waals surface area contributed by atoms with Gasteiger partial charge in [0.25, 0.3) is 0 Å². The highest BCUT2D eigenvalue weighted by Crippen LogP contribution is 2.61. The molecule has 4 bridgehead atoms. The highest BCUT2D eigenvalue weighted by atomic mass is 14.6. The molecule has 0 unspecified atom stereocenters. The van der Waals surface area contributed by atoms with Gasteiger partial charge >= 0.3 is 0 Å². The molecule has 4 aromatic rings. The topological polar surface area (TPSA) is 0 Å². The van der Waals surface area contributed by atoms with E-state index in [1.54, 1.807) is 5.56 Å². The van der Waals surface area contributed by atoms with E-state index < -0.39 is 0 Å². The van der Waals surface area contributed by atoms with Crippen LogP contribution in [-0.4, -0.2) is 0 Å². The quantitative estimate of drug-likeness (QED) is 0.244. The Hall–Kier alpha value is -3.12. The molecule has 4 saturated carbocycles. The average molecular weight is 537 g/mol. The summed E-state index contributed by atoms with van der Waals surface area (Å²) in [5.41, 5.74) is 14.6. The van der Waals surface area contributed by atoms with Crippen LogP contribution in [0.15, 0.2) is 84.9 Å². The highest BCUT2D eigenvalue weighted by Gasteiger charge is 2.51. The summed E-state index contributed by atoms with van der Waals surface area (Å²) in [6.45, 7) is 11.8. The molecule has 0 aromatic heterocycles. The Bertz CT molecular complexity index is 1620. The molecule has 0 heterocycles. The minimum absolute atomic E-state index is 0.0278. The molecule has 0 aliphatic heterocycles. The van der Waals surface area contributed by atoms with Crippen LogP contribution >= 0.6 is 0 Å². The third kappa shape index (κ3) is 3.93. The molecule has 0 spiro atoms. The zero-order chi connectivity index (χ0) is 28.1. The smallest absolute Gasteiger partial charge is 0.0165 e. The largest absolute Gasteiger partial charge is 0.0619 e. The van der Waals surface area contributed by atoms with Gasteiger partial charge in [0.1, 0.15) is 0 Å². The van der Waals surface area contributed by atoms with Gasteiger partial charge in [-0.25, -0.2) is 0 Å². The average Bonchev–Trinajstić information content (AvgIpc) is 3.19. The van der Waals surface area contributed by atoms with E-state index in [2.05, 4.69) is 120 Å². The monoisotopic (exact) mass is 536 g/mol. The van der Waals surface area contributed by atoms with Crippen LogP contribution in [0.3, 0.4) is 0 Å². The van der Waals surface area contributed by atoms with E-state index in [1.165, 1.54) is 88.6 Å². The predicted molar refractivity (Wildman–Crippen MR) is 173 cm³/mol. The van der Waals surface area contributed by atoms with Crippen molar-refractivity contribution in [1.82, 2.24) is 0 Å². The molecular weight excluding hydrogens is 492 g/mol. The molecule has 41 heavy (non-hydrogen) atoms. The van der Waals surface area contributed by atoms with Gasteiger partial charge in [0.05, 0.1) is 0 Å². The third-order valence-electron chi connectivity index (χ3n) is 11.6. The summed E-state index contributed by atoms with van der Waals surface area (Å²) in [6.07, 6.45) is 8.80. The second kappa shape index (κ2) is 8.70. The Kier molecular flexibility index (Phi) is 5.43. The molecule has 5 aliphatic carbocycles. The number of benzene rings is 4. The predicted octanol–water partition coefficient (Wildman–Crippen LogP) is 11.1. The van der Waals surface area contributed by atoms with E-state index in [0.717, 1.165) is 17.8 Å². The van der Waals surface area contributed by atoms with E-state index in [4.69, 9.17) is 0 Å². The van der Waals surface area contributed by atoms with E-state index >= 15 is 0 Å². The number of fused-ring (bicyclic) bond motifs is 3. The minimum atomic E-state index is -0.0278. The molecule has 9 rings (SSSR count). The summed E-state index contributed by atoms with van der Waals surface area (Å²) >= 11 is 0. The summed E-state index contributed by atoms with van der Waals surface area (Å²) in [4.78, 5) is 0. The molecule has 5 aliphatic rings. The minimum Gasteiger partial charge on any atom is -0.0619 e. The van der Waals surface area contributed by atoms with E-state index in [-0.39, 0.29) is 10.8 Å². The lowest BCUT2D eigenvalue weighted by Crippen LogP contribution is -2.48. The van der Waals surface area contributed by atoms with Gasteiger partial charge in [0.15, 0.2) is 0 Å². The Morgan fingerprint density at radius 3 is 1.83 bits per heavy atom. The van der Waals surface area contributed by atoms with Gasteiger partial charge in [-0.1, -0.05) is 113 Å². The summed E-state index contributed by atoms with van der Waals surface area (Å²) < 4.78 is 0. The van der Waals surface area contributed by atoms with Crippen molar-refractivity contribution >= 4 is 0 Å². The molecule has 0 radical (unpaired) electrons. The lowest BCUT2D eigenvalue weighted by Gasteiger charge is -2.57. The number of hydrogen-bond donors (Lipinski definition) is 0. The molecule has 4 aromatic carbocycles. The number of hydrogen-bond acceptors (Lipinski definition) is 0. The van der Waals surface area contributed by atoms with Crippen LogP contribution < -0.4 is 0 Å². The molecule has 0 amide bonds. The van der Waals surface area contributed by atoms with Crippen molar-refractivity contribution in [3.05, 3.63) is 107 Å². The van der Waals surface area contributed by atoms with Gasteiger partial charge in [-0.15, -0.1) is 0 Å². The summed E-state index contributed by atoms with van der Waals surface area (Å²) in [5.74, 6) is 2.94. The lowest BCUT2D eigenvalue weighted by molar-refractivity contribution is -0.00518. The molecule has 0 nitrogen and oxygen atoms in total. The first kappa shape index (κ1) is 25.6. The van der Waals surface area contributed by atoms with Crippen LogP contribution in [0.2, 0.25) is 0 Å². The second-order valence-corrected chi connectivity index (χ2v) is 15.7. The fraction of sp³-hybridized carbons (Fsp3) is 0.415. The molecule has 0 N–H and O–H groups in total. The van der Waals surface area contributed by atoms with Crippen LogP contribution in [0, 0.1) is 17.8 Å². The lowest BCUT2D eigenvalue weighted by atomic mass is 9.48. The Morgan fingerprint density at radius 1 is 0.585 bits per heavy atom. The SMILES string of the molecule is CC(C)(C)c1cc(-c2ccc(C34CC5CC(CC(C5)C3)C4)cc2)cc(-c2cccc3c2C(C)(C)c2ccccc2-3)c1. The molecule has 208 valence electrons. The van der Waals surface area contributed by atoms with Crippen molar-refractivity contribution in [2.45, 2.75) is 89.4 Å². The van der Waals surface area contributed by atoms with Gasteiger partial charge in [-0.05, 0) is 129 Å². The molecule has 0 saturated heterocycles. The van der Waals surface area contributed by atoms with Gasteiger partial charge in [-0.2, -0.15) is 0 Å². The summed E-state index contributed by atoms with van der Waals surface area (Å²) in [5, 5.41) is 0. The van der Waals surface area contributed by atoms with Crippen LogP contribution in [0.25, 0.3) is 33.4 Å². The molecular formula is C41H44. The Balaban J connectivity index is 1.23. The maximum Gasteiger partial charge on any atom is 0.0165 e. The Labute approximate surface area is 247 Å². The van der Waals surface area contributed by atoms with Gasteiger partial charge in [-0.3, -0.25) is 0 Å². The van der Waals surface area contributed by atoms with E-state index in [9.17, 15) is 0 Å². The number of rotatable bonds is 3. The van der Waals surface area contributed by atoms with E-state index in [1.807, 2.05) is 0 Å². The van der Waals surface area contributed by atoms with Crippen molar-refractivity contribution in [3.63, 3.8) is 0 Å². The van der Waals surface area contributed by atoms with Crippen LogP contribution in [0.1, 0.15) is 95.4 Å². The van der Waals surface area contributed by atoms with Crippen LogP contribution in [-0.2, 0) is 16.2 Å². The molecule has 0 atom stereocenters. The molecule has 4 fully saturated rings. The second-order valence-electron chi connectivity index (χ2n) is 15.7. The maximum absolute atomic E-state index is 2.51. The molecule has 0 heteroatoms. The van der Waals surface area contributed by atoms with Crippen LogP contribution in [0.5, 0.6) is 0 Å². The van der Waals surface area contributed by atoms with Crippen molar-refractivity contribution in [2.75, 3.05) is 0 Å². The maximum atomic E-state index is 2.51. The third-order valence-corrected chi connectivity index (χ3v) is 11.6. The van der Waals surface area contributed by atoms with E-state index in [0.29, 0.717) is 5.41 Å². The van der Waals surface area contributed by atoms with Gasteiger partial charge < -0.3 is 0 Å². The fourth-order valence-corrected chi connectivity index (χ4v) is 9.95. The Morgan fingerprint density at radius 2 is 1.17 bits per heavy atom. The fourth-order valence-electron chi connectivity index (χ4n) is 9.95. The summed E-state index contributed by atoms with van der Waals surface area (Å²) in [6, 6.07) is 33.2. The summed E-state index contributed by atoms with van der Waals surface area (Å²) in [7, 11) is 0. The van der Waals surface area contributed by atoms with Gasteiger partial charge in [0, 0.05) is 5.41 Å². The normalized spacial score (nSPS) is 27.1. The van der Waals surface area contributed by atoms with Crippen molar-refractivity contribution in [3.8, 4) is 33.4 Å². The first-order valence-electron chi connectivity index (χ1n) is 16.1. The zero-order valence-corrected chi connectivity index (χ0v) is 25.6. The van der Waals surface area contributed by atoms with Gasteiger partial charge in [0.2, 0.25) is 0 Å². The van der Waals surface area contributed by atoms with Crippen molar-refractivity contribution in [2.24, 2.45) is 17.8 Å². The standard InChI is InChI=1S/C41H44/c1-39(2,3)33-21-30(29-13-15-32(16-14-29)41-23-26-17-27(24-41)19-28(18-26)25-41)20-31(22-33)34-10-8-11-36-35-9-6-7-12-37(35)40(4,5)38(34)36/h6-16,20-22,26-28H,17-19,23-25H2,1-5H3. The first-order chi connectivity index (χ1) is 19.6. The van der Waals surface area contributed by atoms with Crippen molar-refractivity contribution in [1.29, 1.82) is 0 Å². The highest BCUT2D eigenvalue weighted by molar-refractivity contribution is 5.89. The first-order valence-corrected chi connectivity index (χ1v) is 16.1. The van der Waals surface area contributed by atoms with Crippen LogP contribution in [0.4, 0.5) is 0 Å². The van der Waals surface area contributed by atoms with Crippen molar-refractivity contribution < 1.29 is 0 Å².